The fourth-order valence-corrected chi connectivity index (χ4v) is 6.01. The molecule has 2 aromatic carbocycles. The first-order valence-electron chi connectivity index (χ1n) is 11.4. The Kier molecular flexibility index (Phi) is 10.0. The number of benzene rings is 2. The van der Waals surface area contributed by atoms with Crippen molar-refractivity contribution in [2.75, 3.05) is 33.4 Å². The molecule has 5 nitrogen and oxygen atoms in total. The van der Waals surface area contributed by atoms with Gasteiger partial charge in [-0.05, 0) is 82.9 Å². The lowest BCUT2D eigenvalue weighted by Crippen LogP contribution is -2.28. The minimum atomic E-state index is -0.262. The molecule has 0 radical (unpaired) electrons. The van der Waals surface area contributed by atoms with Crippen LogP contribution in [0.4, 0.5) is 0 Å². The van der Waals surface area contributed by atoms with Crippen molar-refractivity contribution in [3.05, 3.63) is 60.4 Å². The lowest BCUT2D eigenvalue weighted by molar-refractivity contribution is 0.0753. The van der Waals surface area contributed by atoms with Gasteiger partial charge in [0.05, 0.1) is 12.7 Å². The van der Waals surface area contributed by atoms with Gasteiger partial charge in [-0.1, -0.05) is 45.4 Å². The number of hydrogen-bond acceptors (Lipinski definition) is 5. The van der Waals surface area contributed by atoms with Crippen molar-refractivity contribution in [1.29, 1.82) is 0 Å². The largest absolute Gasteiger partial charge is 0.490 e. The molecule has 1 heterocycles. The second-order valence-corrected chi connectivity index (χ2v) is 10.1. The molecule has 0 saturated heterocycles. The van der Waals surface area contributed by atoms with Gasteiger partial charge in [0.1, 0.15) is 29.8 Å². The number of ether oxygens (including phenoxy) is 2. The van der Waals surface area contributed by atoms with Crippen molar-refractivity contribution in [2.45, 2.75) is 39.7 Å². The molecule has 178 valence electrons. The highest BCUT2D eigenvalue weighted by molar-refractivity contribution is 14.1. The van der Waals surface area contributed by atoms with Crippen LogP contribution in [0.15, 0.2) is 40.8 Å². The number of nitrogens with zero attached hydrogens (tertiary/aromatic N) is 1. The highest BCUT2D eigenvalue weighted by atomic mass is 127. The Labute approximate surface area is 223 Å². The number of hydrogen-bond donors (Lipinski definition) is 0. The third-order valence-corrected chi connectivity index (χ3v) is 7.39. The smallest absolute Gasteiger partial charge is 0.197 e. The zero-order chi connectivity index (χ0) is 24.0. The number of carbonyl (C=O) groups is 1. The molecule has 1 atom stereocenters. The first-order valence-corrected chi connectivity index (χ1v) is 13.5. The van der Waals surface area contributed by atoms with E-state index in [1.165, 1.54) is 0 Å². The zero-order valence-electron chi connectivity index (χ0n) is 19.6. The van der Waals surface area contributed by atoms with Crippen molar-refractivity contribution in [3.8, 4) is 5.75 Å². The monoisotopic (exact) mass is 675 g/mol. The van der Waals surface area contributed by atoms with E-state index in [-0.39, 0.29) is 11.9 Å². The van der Waals surface area contributed by atoms with Crippen LogP contribution in [0.3, 0.4) is 0 Å². The molecule has 3 aromatic rings. The van der Waals surface area contributed by atoms with Gasteiger partial charge in [0.25, 0.3) is 0 Å². The SMILES string of the molecule is CCCC(OC)c1oc2ccccc2c1C(=O)c1cc(I)c(OCCN(CC)CC)c(I)c1. The summed E-state index contributed by atoms with van der Waals surface area (Å²) in [6.45, 7) is 9.90. The summed E-state index contributed by atoms with van der Waals surface area (Å²) in [5.74, 6) is 1.38. The number of halogens is 2. The molecular formula is C26H31I2NO4. The van der Waals surface area contributed by atoms with Gasteiger partial charge in [0.2, 0.25) is 0 Å². The molecule has 0 bridgehead atoms. The van der Waals surface area contributed by atoms with Crippen molar-refractivity contribution in [2.24, 2.45) is 0 Å². The quantitative estimate of drug-likeness (QED) is 0.152. The van der Waals surface area contributed by atoms with Crippen LogP contribution in [0.25, 0.3) is 11.0 Å². The van der Waals surface area contributed by atoms with Crippen LogP contribution in [0, 0.1) is 7.14 Å². The molecular weight excluding hydrogens is 644 g/mol. The van der Waals surface area contributed by atoms with Crippen molar-refractivity contribution >= 4 is 61.9 Å². The molecule has 0 aliphatic heterocycles. The first kappa shape index (κ1) is 26.4. The zero-order valence-corrected chi connectivity index (χ0v) is 23.9. The van der Waals surface area contributed by atoms with Gasteiger partial charge in [-0.25, -0.2) is 0 Å². The Morgan fingerprint density at radius 2 is 1.76 bits per heavy atom. The molecule has 0 fully saturated rings. The van der Waals surface area contributed by atoms with E-state index in [1.807, 2.05) is 36.4 Å². The summed E-state index contributed by atoms with van der Waals surface area (Å²) in [5, 5.41) is 0.820. The molecule has 0 spiro atoms. The molecule has 0 aliphatic rings. The van der Waals surface area contributed by atoms with Gasteiger partial charge >= 0.3 is 0 Å². The maximum absolute atomic E-state index is 13.8. The van der Waals surface area contributed by atoms with Crippen molar-refractivity contribution < 1.29 is 18.7 Å². The van der Waals surface area contributed by atoms with E-state index in [1.54, 1.807) is 7.11 Å². The molecule has 0 N–H and O–H groups in total. The van der Waals surface area contributed by atoms with Crippen molar-refractivity contribution in [1.82, 2.24) is 4.90 Å². The maximum Gasteiger partial charge on any atom is 0.197 e. The summed E-state index contributed by atoms with van der Waals surface area (Å²) in [5.41, 5.74) is 1.92. The highest BCUT2D eigenvalue weighted by Gasteiger charge is 2.28. The fraction of sp³-hybridized carbons (Fsp3) is 0.423. The second kappa shape index (κ2) is 12.5. The van der Waals surface area contributed by atoms with E-state index in [9.17, 15) is 4.79 Å². The Morgan fingerprint density at radius 1 is 1.09 bits per heavy atom. The Bertz CT molecular complexity index is 1070. The second-order valence-electron chi connectivity index (χ2n) is 7.82. The van der Waals surface area contributed by atoms with Gasteiger partial charge in [-0.2, -0.15) is 0 Å². The van der Waals surface area contributed by atoms with Crippen LogP contribution in [0.2, 0.25) is 0 Å². The van der Waals surface area contributed by atoms with Crippen LogP contribution in [-0.2, 0) is 4.74 Å². The summed E-state index contributed by atoms with van der Waals surface area (Å²) in [7, 11) is 1.66. The number of rotatable bonds is 12. The van der Waals surface area contributed by atoms with Crippen LogP contribution in [0.1, 0.15) is 61.4 Å². The minimum Gasteiger partial charge on any atom is -0.490 e. The van der Waals surface area contributed by atoms with Gasteiger partial charge in [0.15, 0.2) is 5.78 Å². The van der Waals surface area contributed by atoms with E-state index in [0.29, 0.717) is 29.1 Å². The van der Waals surface area contributed by atoms with Gasteiger partial charge in [-0.3, -0.25) is 4.79 Å². The van der Waals surface area contributed by atoms with Gasteiger partial charge in [-0.15, -0.1) is 0 Å². The van der Waals surface area contributed by atoms with Gasteiger partial charge < -0.3 is 18.8 Å². The third-order valence-electron chi connectivity index (χ3n) is 5.79. The molecule has 3 rings (SSSR count). The Hall–Kier alpha value is -1.17. The number of likely N-dealkylation sites (N-methyl/N-ethyl adjacent to an activating group) is 1. The molecule has 1 aromatic heterocycles. The van der Waals surface area contributed by atoms with Crippen molar-refractivity contribution in [3.63, 3.8) is 0 Å². The molecule has 1 unspecified atom stereocenters. The lowest BCUT2D eigenvalue weighted by Gasteiger charge is -2.19. The van der Waals surface area contributed by atoms with Crippen LogP contribution >= 0.6 is 45.2 Å². The lowest BCUT2D eigenvalue weighted by atomic mass is 9.97. The molecule has 7 heteroatoms. The average Bonchev–Trinajstić information content (AvgIpc) is 3.20. The van der Waals surface area contributed by atoms with E-state index in [2.05, 4.69) is 70.9 Å². The van der Waals surface area contributed by atoms with E-state index < -0.39 is 0 Å². The number of para-hydroxylation sites is 1. The van der Waals surface area contributed by atoms with Crippen LogP contribution in [-0.4, -0.2) is 44.0 Å². The van der Waals surface area contributed by atoms with Crippen LogP contribution < -0.4 is 4.74 Å². The normalized spacial score (nSPS) is 12.5. The molecule has 0 aliphatic carbocycles. The minimum absolute atomic E-state index is 0.0568. The summed E-state index contributed by atoms with van der Waals surface area (Å²) in [4.78, 5) is 16.1. The highest BCUT2D eigenvalue weighted by Crippen LogP contribution is 2.37. The van der Waals surface area contributed by atoms with Crippen LogP contribution in [0.5, 0.6) is 5.75 Å². The number of ketones is 1. The average molecular weight is 675 g/mol. The standard InChI is InChI=1S/C26H31I2NO4/c1-5-10-22(31-4)26-23(18-11-8-9-12-21(18)33-26)24(30)17-15-19(27)25(20(28)16-17)32-14-13-29(6-2)7-3/h8-9,11-12,15-16,22H,5-7,10,13-14H2,1-4H3. The van der Waals surface area contributed by atoms with Gasteiger partial charge in [0, 0.05) is 24.6 Å². The van der Waals surface area contributed by atoms with E-state index in [0.717, 1.165) is 50.8 Å². The Morgan fingerprint density at radius 3 is 2.36 bits per heavy atom. The summed E-state index contributed by atoms with van der Waals surface area (Å²) in [6, 6.07) is 11.5. The number of fused-ring (bicyclic) bond motifs is 1. The predicted octanol–water partition coefficient (Wildman–Crippen LogP) is 7.08. The summed E-state index contributed by atoms with van der Waals surface area (Å²) >= 11 is 4.51. The van der Waals surface area contributed by atoms with E-state index >= 15 is 0 Å². The third kappa shape index (κ3) is 6.10. The fourth-order valence-electron chi connectivity index (χ4n) is 3.93. The molecule has 33 heavy (non-hydrogen) atoms. The number of furan rings is 1. The Balaban J connectivity index is 1.95. The summed E-state index contributed by atoms with van der Waals surface area (Å²) in [6.07, 6.45) is 1.45. The number of methoxy groups -OCH3 is 1. The predicted molar refractivity (Wildman–Crippen MR) is 149 cm³/mol. The molecule has 0 saturated carbocycles. The van der Waals surface area contributed by atoms with E-state index in [4.69, 9.17) is 13.9 Å². The molecule has 0 amide bonds. The topological polar surface area (TPSA) is 51.9 Å². The first-order chi connectivity index (χ1) is 15.9. The number of carbonyl (C=O) groups excluding carboxylic acids is 1. The summed E-state index contributed by atoms with van der Waals surface area (Å²) < 4.78 is 19.8. The maximum atomic E-state index is 13.8.